The minimum atomic E-state index is 0.796. The molecule has 0 bridgehead atoms. The first-order valence-corrected chi connectivity index (χ1v) is 5.68. The van der Waals surface area contributed by atoms with Crippen molar-refractivity contribution in [3.05, 3.63) is 29.3 Å². The first-order chi connectivity index (χ1) is 6.74. The Labute approximate surface area is 91.9 Å². The van der Waals surface area contributed by atoms with Crippen LogP contribution in [0.1, 0.15) is 24.0 Å². The molecular formula is C12H18OS. The highest BCUT2D eigenvalue weighted by Crippen LogP contribution is 2.18. The summed E-state index contributed by atoms with van der Waals surface area (Å²) in [6, 6.07) is 6.28. The van der Waals surface area contributed by atoms with Gasteiger partial charge in [0.2, 0.25) is 0 Å². The lowest BCUT2D eigenvalue weighted by molar-refractivity contribution is 0.308. The summed E-state index contributed by atoms with van der Waals surface area (Å²) in [6.45, 7) is 4.98. The van der Waals surface area contributed by atoms with Gasteiger partial charge in [-0.15, -0.1) is 0 Å². The fraction of sp³-hybridized carbons (Fsp3) is 0.500. The highest BCUT2D eigenvalue weighted by Gasteiger charge is 1.98. The number of rotatable bonds is 5. The fourth-order valence-corrected chi connectivity index (χ4v) is 1.58. The van der Waals surface area contributed by atoms with E-state index in [0.29, 0.717) is 0 Å². The molecule has 0 atom stereocenters. The van der Waals surface area contributed by atoms with E-state index >= 15 is 0 Å². The number of unbranched alkanes of at least 4 members (excludes halogenated alkanes) is 1. The third-order valence-electron chi connectivity index (χ3n) is 2.14. The molecule has 0 unspecified atom stereocenters. The van der Waals surface area contributed by atoms with Gasteiger partial charge in [0.05, 0.1) is 6.61 Å². The van der Waals surface area contributed by atoms with Gasteiger partial charge in [-0.25, -0.2) is 0 Å². The van der Waals surface area contributed by atoms with E-state index in [1.807, 2.05) is 6.07 Å². The second-order valence-electron chi connectivity index (χ2n) is 3.55. The molecule has 1 rings (SSSR count). The summed E-state index contributed by atoms with van der Waals surface area (Å²) in [5, 5.41) is 0. The lowest BCUT2D eigenvalue weighted by atomic mass is 10.1. The summed E-state index contributed by atoms with van der Waals surface area (Å²) in [6.07, 6.45) is 2.20. The van der Waals surface area contributed by atoms with Crippen molar-refractivity contribution in [3.8, 4) is 5.75 Å². The maximum Gasteiger partial charge on any atom is 0.122 e. The normalized spacial score (nSPS) is 10.2. The van der Waals surface area contributed by atoms with E-state index in [-0.39, 0.29) is 0 Å². The van der Waals surface area contributed by atoms with Crippen LogP contribution in [0.15, 0.2) is 18.2 Å². The molecule has 1 aromatic rings. The summed E-state index contributed by atoms with van der Waals surface area (Å²) in [5.74, 6) is 1.95. The molecule has 0 aliphatic rings. The largest absolute Gasteiger partial charge is 0.493 e. The molecular weight excluding hydrogens is 192 g/mol. The minimum Gasteiger partial charge on any atom is -0.493 e. The number of thiol groups is 1. The third kappa shape index (κ3) is 3.62. The second kappa shape index (κ2) is 5.97. The Balaban J connectivity index is 2.42. The molecule has 1 nitrogen and oxygen atoms in total. The molecule has 0 aromatic heterocycles. The number of aryl methyl sites for hydroxylation is 2. The number of hydrogen-bond acceptors (Lipinski definition) is 2. The molecule has 0 saturated carbocycles. The summed E-state index contributed by atoms with van der Waals surface area (Å²) < 4.78 is 5.66. The zero-order chi connectivity index (χ0) is 10.4. The van der Waals surface area contributed by atoms with Crippen LogP contribution in [0.4, 0.5) is 0 Å². The monoisotopic (exact) mass is 210 g/mol. The summed E-state index contributed by atoms with van der Waals surface area (Å²) in [5.41, 5.74) is 2.50. The molecule has 0 fully saturated rings. The Bertz CT molecular complexity index is 284. The first-order valence-electron chi connectivity index (χ1n) is 5.05. The topological polar surface area (TPSA) is 9.23 Å². The van der Waals surface area contributed by atoms with Crippen molar-refractivity contribution < 1.29 is 4.74 Å². The van der Waals surface area contributed by atoms with Crippen LogP contribution in [0.25, 0.3) is 0 Å². The highest BCUT2D eigenvalue weighted by molar-refractivity contribution is 7.80. The fourth-order valence-electron chi connectivity index (χ4n) is 1.36. The molecule has 0 heterocycles. The number of benzene rings is 1. The molecule has 0 aliphatic heterocycles. The zero-order valence-electron chi connectivity index (χ0n) is 8.92. The Morgan fingerprint density at radius 2 is 2.00 bits per heavy atom. The Morgan fingerprint density at radius 1 is 1.21 bits per heavy atom. The standard InChI is InChI=1S/C12H18OS/c1-10-5-6-12(11(2)9-10)13-7-3-4-8-14/h5-6,9,14H,3-4,7-8H2,1-2H3. The molecule has 0 saturated heterocycles. The average molecular weight is 210 g/mol. The van der Waals surface area contributed by atoms with E-state index in [2.05, 4.69) is 38.6 Å². The zero-order valence-corrected chi connectivity index (χ0v) is 9.81. The van der Waals surface area contributed by atoms with Crippen LogP contribution in [-0.2, 0) is 0 Å². The van der Waals surface area contributed by atoms with Gasteiger partial charge in [0.1, 0.15) is 5.75 Å². The van der Waals surface area contributed by atoms with Gasteiger partial charge in [-0.3, -0.25) is 0 Å². The summed E-state index contributed by atoms with van der Waals surface area (Å²) in [7, 11) is 0. The van der Waals surface area contributed by atoms with Crippen molar-refractivity contribution in [1.82, 2.24) is 0 Å². The van der Waals surface area contributed by atoms with Gasteiger partial charge >= 0.3 is 0 Å². The van der Waals surface area contributed by atoms with E-state index in [9.17, 15) is 0 Å². The van der Waals surface area contributed by atoms with Crippen molar-refractivity contribution in [1.29, 1.82) is 0 Å². The predicted octanol–water partition coefficient (Wildman–Crippen LogP) is 3.39. The Hall–Kier alpha value is -0.630. The van der Waals surface area contributed by atoms with E-state index in [0.717, 1.165) is 31.0 Å². The SMILES string of the molecule is Cc1ccc(OCCCCS)c(C)c1. The van der Waals surface area contributed by atoms with Gasteiger partial charge in [-0.1, -0.05) is 17.7 Å². The van der Waals surface area contributed by atoms with Crippen molar-refractivity contribution in [3.63, 3.8) is 0 Å². The van der Waals surface area contributed by atoms with Crippen LogP contribution in [0.3, 0.4) is 0 Å². The third-order valence-corrected chi connectivity index (χ3v) is 2.46. The summed E-state index contributed by atoms with van der Waals surface area (Å²) >= 11 is 4.16. The van der Waals surface area contributed by atoms with Gasteiger partial charge in [-0.05, 0) is 44.1 Å². The lowest BCUT2D eigenvalue weighted by Crippen LogP contribution is -1.99. The molecule has 0 spiro atoms. The maximum absolute atomic E-state index is 5.66. The highest BCUT2D eigenvalue weighted by atomic mass is 32.1. The van der Waals surface area contributed by atoms with Crippen LogP contribution >= 0.6 is 12.6 Å². The number of ether oxygens (including phenoxy) is 1. The van der Waals surface area contributed by atoms with Crippen molar-refractivity contribution >= 4 is 12.6 Å². The van der Waals surface area contributed by atoms with Crippen LogP contribution < -0.4 is 4.74 Å². The van der Waals surface area contributed by atoms with Crippen molar-refractivity contribution in [2.75, 3.05) is 12.4 Å². The second-order valence-corrected chi connectivity index (χ2v) is 4.00. The Kier molecular flexibility index (Phi) is 4.88. The molecule has 0 N–H and O–H groups in total. The van der Waals surface area contributed by atoms with Crippen LogP contribution in [0.5, 0.6) is 5.75 Å². The van der Waals surface area contributed by atoms with Crippen LogP contribution in [0, 0.1) is 13.8 Å². The predicted molar refractivity (Wildman–Crippen MR) is 64.5 cm³/mol. The van der Waals surface area contributed by atoms with Crippen LogP contribution in [-0.4, -0.2) is 12.4 Å². The smallest absolute Gasteiger partial charge is 0.122 e. The maximum atomic E-state index is 5.66. The first kappa shape index (κ1) is 11.4. The molecule has 0 radical (unpaired) electrons. The Morgan fingerprint density at radius 3 is 2.64 bits per heavy atom. The van der Waals surface area contributed by atoms with Gasteiger partial charge in [0.15, 0.2) is 0 Å². The average Bonchev–Trinajstić information content (AvgIpc) is 2.15. The van der Waals surface area contributed by atoms with E-state index in [1.54, 1.807) is 0 Å². The van der Waals surface area contributed by atoms with Crippen molar-refractivity contribution in [2.24, 2.45) is 0 Å². The van der Waals surface area contributed by atoms with E-state index < -0.39 is 0 Å². The number of hydrogen-bond donors (Lipinski definition) is 1. The molecule has 2 heteroatoms. The molecule has 78 valence electrons. The van der Waals surface area contributed by atoms with Gasteiger partial charge in [0, 0.05) is 0 Å². The molecule has 0 amide bonds. The molecule has 0 aliphatic carbocycles. The molecule has 1 aromatic carbocycles. The van der Waals surface area contributed by atoms with Crippen LogP contribution in [0.2, 0.25) is 0 Å². The van der Waals surface area contributed by atoms with E-state index in [1.165, 1.54) is 11.1 Å². The van der Waals surface area contributed by atoms with Gasteiger partial charge in [-0.2, -0.15) is 12.6 Å². The quantitative estimate of drug-likeness (QED) is 0.579. The van der Waals surface area contributed by atoms with Crippen molar-refractivity contribution in [2.45, 2.75) is 26.7 Å². The lowest BCUT2D eigenvalue weighted by Gasteiger charge is -2.08. The minimum absolute atomic E-state index is 0.796. The summed E-state index contributed by atoms with van der Waals surface area (Å²) in [4.78, 5) is 0. The van der Waals surface area contributed by atoms with Gasteiger partial charge < -0.3 is 4.74 Å². The van der Waals surface area contributed by atoms with Gasteiger partial charge in [0.25, 0.3) is 0 Å². The molecule has 14 heavy (non-hydrogen) atoms. The van der Waals surface area contributed by atoms with E-state index in [4.69, 9.17) is 4.74 Å².